The number of thiophene rings is 1. The van der Waals surface area contributed by atoms with Crippen molar-refractivity contribution >= 4 is 39.0 Å². The lowest BCUT2D eigenvalue weighted by Gasteiger charge is -2.21. The van der Waals surface area contributed by atoms with Gasteiger partial charge in [0.05, 0.1) is 6.54 Å². The summed E-state index contributed by atoms with van der Waals surface area (Å²) < 4.78 is 1.15. The average molecular weight is 288 g/mol. The minimum Gasteiger partial charge on any atom is -0.477 e. The van der Waals surface area contributed by atoms with Crippen LogP contribution < -0.4 is 0 Å². The summed E-state index contributed by atoms with van der Waals surface area (Å²) in [7, 11) is 0. The second kappa shape index (κ2) is 5.05. The van der Waals surface area contributed by atoms with Crippen molar-refractivity contribution in [1.82, 2.24) is 5.01 Å². The van der Waals surface area contributed by atoms with E-state index in [1.54, 1.807) is 11.3 Å². The summed E-state index contributed by atoms with van der Waals surface area (Å²) in [6.45, 7) is 0.319. The van der Waals surface area contributed by atoms with Crippen molar-refractivity contribution < 1.29 is 14.7 Å². The smallest absolute Gasteiger partial charge is 0.352 e. The predicted molar refractivity (Wildman–Crippen MR) is 76.7 cm³/mol. The van der Waals surface area contributed by atoms with E-state index in [1.807, 2.05) is 29.6 Å². The Morgan fingerprint density at radius 2 is 2.15 bits per heavy atom. The maximum absolute atomic E-state index is 11.9. The van der Waals surface area contributed by atoms with Gasteiger partial charge in [0.15, 0.2) is 0 Å². The highest BCUT2D eigenvalue weighted by molar-refractivity contribution is 7.17. The first kappa shape index (κ1) is 12.8. The molecular weight excluding hydrogens is 276 g/mol. The third-order valence-electron chi connectivity index (χ3n) is 3.23. The molecule has 1 aliphatic heterocycles. The third kappa shape index (κ3) is 2.30. The third-order valence-corrected chi connectivity index (χ3v) is 4.25. The molecule has 1 aromatic heterocycles. The number of carboxylic acid groups (broad SMARTS) is 1. The Hall–Kier alpha value is -2.21. The van der Waals surface area contributed by atoms with Gasteiger partial charge in [-0.3, -0.25) is 4.79 Å². The molecule has 1 N–H and O–H groups in total. The second-order valence-electron chi connectivity index (χ2n) is 4.56. The Morgan fingerprint density at radius 1 is 1.35 bits per heavy atom. The molecule has 0 aliphatic carbocycles. The largest absolute Gasteiger partial charge is 0.477 e. The number of nitrogens with zero attached hydrogens (tertiary/aromatic N) is 2. The zero-order chi connectivity index (χ0) is 14.1. The van der Waals surface area contributed by atoms with Gasteiger partial charge in [0, 0.05) is 17.5 Å². The van der Waals surface area contributed by atoms with Crippen LogP contribution in [0.1, 0.15) is 18.4 Å². The number of hydrazone groups is 1. The summed E-state index contributed by atoms with van der Waals surface area (Å²) in [5.41, 5.74) is 1.04. The molecule has 1 amide bonds. The fourth-order valence-corrected chi connectivity index (χ4v) is 3.15. The van der Waals surface area contributed by atoms with Gasteiger partial charge in [-0.1, -0.05) is 18.2 Å². The van der Waals surface area contributed by atoms with Gasteiger partial charge in [-0.25, -0.2) is 9.80 Å². The SMILES string of the molecule is O=C(O)C1=NN(Cc2csc3ccccc23)C(=O)CC1. The van der Waals surface area contributed by atoms with Crippen LogP contribution in [0.2, 0.25) is 0 Å². The zero-order valence-electron chi connectivity index (χ0n) is 10.6. The Labute approximate surface area is 119 Å². The van der Waals surface area contributed by atoms with Crippen LogP contribution in [0.15, 0.2) is 34.7 Å². The average Bonchev–Trinajstić information content (AvgIpc) is 2.84. The van der Waals surface area contributed by atoms with E-state index in [1.165, 1.54) is 5.01 Å². The summed E-state index contributed by atoms with van der Waals surface area (Å²) in [4.78, 5) is 22.8. The number of carboxylic acids is 1. The van der Waals surface area contributed by atoms with E-state index < -0.39 is 5.97 Å². The van der Waals surface area contributed by atoms with Crippen LogP contribution >= 0.6 is 11.3 Å². The number of rotatable bonds is 3. The highest BCUT2D eigenvalue weighted by Crippen LogP contribution is 2.27. The van der Waals surface area contributed by atoms with Crippen LogP contribution in [0.25, 0.3) is 10.1 Å². The van der Waals surface area contributed by atoms with Gasteiger partial charge < -0.3 is 5.11 Å². The van der Waals surface area contributed by atoms with E-state index in [2.05, 4.69) is 5.10 Å². The van der Waals surface area contributed by atoms with E-state index in [9.17, 15) is 9.59 Å². The molecule has 0 fully saturated rings. The van der Waals surface area contributed by atoms with Gasteiger partial charge in [-0.2, -0.15) is 5.10 Å². The topological polar surface area (TPSA) is 70.0 Å². The van der Waals surface area contributed by atoms with Gasteiger partial charge in [0.1, 0.15) is 5.71 Å². The fourth-order valence-electron chi connectivity index (χ4n) is 2.20. The summed E-state index contributed by atoms with van der Waals surface area (Å²) >= 11 is 1.61. The molecule has 1 aromatic carbocycles. The standard InChI is InChI=1S/C14H12N2O3S/c17-13-6-5-11(14(18)19)15-16(13)7-9-8-20-12-4-2-1-3-10(9)12/h1-4,8H,5-7H2,(H,18,19). The lowest BCUT2D eigenvalue weighted by molar-refractivity contribution is -0.133. The van der Waals surface area contributed by atoms with Crippen molar-refractivity contribution in [1.29, 1.82) is 0 Å². The normalized spacial score (nSPS) is 15.5. The first-order valence-electron chi connectivity index (χ1n) is 6.21. The molecule has 0 saturated carbocycles. The predicted octanol–water partition coefficient (Wildman–Crippen LogP) is 2.46. The van der Waals surface area contributed by atoms with Crippen LogP contribution in [0.4, 0.5) is 0 Å². The Balaban J connectivity index is 1.91. The van der Waals surface area contributed by atoms with Gasteiger partial charge in [0.2, 0.25) is 5.91 Å². The van der Waals surface area contributed by atoms with Crippen LogP contribution in [0.5, 0.6) is 0 Å². The second-order valence-corrected chi connectivity index (χ2v) is 5.47. The molecule has 0 unspecified atom stereocenters. The lowest BCUT2D eigenvalue weighted by atomic mass is 10.1. The number of carbonyl (C=O) groups excluding carboxylic acids is 1. The summed E-state index contributed by atoms with van der Waals surface area (Å²) in [6.07, 6.45) is 0.405. The van der Waals surface area contributed by atoms with Crippen LogP contribution in [-0.4, -0.2) is 27.7 Å². The minimum atomic E-state index is -1.06. The van der Waals surface area contributed by atoms with Crippen molar-refractivity contribution in [3.05, 3.63) is 35.2 Å². The molecule has 2 heterocycles. The van der Waals surface area contributed by atoms with E-state index in [-0.39, 0.29) is 24.5 Å². The van der Waals surface area contributed by atoms with Crippen molar-refractivity contribution in [3.63, 3.8) is 0 Å². The molecule has 0 radical (unpaired) electrons. The molecule has 0 saturated heterocycles. The molecule has 0 bridgehead atoms. The van der Waals surface area contributed by atoms with Crippen molar-refractivity contribution in [2.75, 3.05) is 0 Å². The van der Waals surface area contributed by atoms with Crippen molar-refractivity contribution in [3.8, 4) is 0 Å². The molecule has 3 rings (SSSR count). The first-order chi connectivity index (χ1) is 9.65. The quantitative estimate of drug-likeness (QED) is 0.943. The van der Waals surface area contributed by atoms with Gasteiger partial charge in [0.25, 0.3) is 0 Å². The molecule has 5 nitrogen and oxygen atoms in total. The molecule has 0 atom stereocenters. The first-order valence-corrected chi connectivity index (χ1v) is 7.09. The Kier molecular flexibility index (Phi) is 3.23. The fraction of sp³-hybridized carbons (Fsp3) is 0.214. The van der Waals surface area contributed by atoms with Crippen molar-refractivity contribution in [2.24, 2.45) is 5.10 Å². The summed E-state index contributed by atoms with van der Waals surface area (Å²) in [5.74, 6) is -1.19. The van der Waals surface area contributed by atoms with E-state index >= 15 is 0 Å². The van der Waals surface area contributed by atoms with Crippen LogP contribution in [0.3, 0.4) is 0 Å². The van der Waals surface area contributed by atoms with E-state index in [0.29, 0.717) is 6.54 Å². The van der Waals surface area contributed by atoms with E-state index in [4.69, 9.17) is 5.11 Å². The monoisotopic (exact) mass is 288 g/mol. The molecule has 102 valence electrons. The van der Waals surface area contributed by atoms with Crippen molar-refractivity contribution in [2.45, 2.75) is 19.4 Å². The van der Waals surface area contributed by atoms with Gasteiger partial charge in [-0.05, 0) is 22.4 Å². The lowest BCUT2D eigenvalue weighted by Crippen LogP contribution is -2.33. The highest BCUT2D eigenvalue weighted by Gasteiger charge is 2.24. The molecule has 0 spiro atoms. The number of carbonyl (C=O) groups is 2. The molecular formula is C14H12N2O3S. The number of benzene rings is 1. The van der Waals surface area contributed by atoms with Gasteiger partial charge >= 0.3 is 5.97 Å². The highest BCUT2D eigenvalue weighted by atomic mass is 32.1. The number of fused-ring (bicyclic) bond motifs is 1. The number of aliphatic carboxylic acids is 1. The molecule has 2 aromatic rings. The summed E-state index contributed by atoms with van der Waals surface area (Å²) in [6, 6.07) is 7.93. The molecule has 6 heteroatoms. The van der Waals surface area contributed by atoms with Crippen LogP contribution in [0, 0.1) is 0 Å². The number of hydrogen-bond acceptors (Lipinski definition) is 4. The Morgan fingerprint density at radius 3 is 2.95 bits per heavy atom. The minimum absolute atomic E-state index is 0.0455. The Bertz CT molecular complexity index is 720. The van der Waals surface area contributed by atoms with E-state index in [0.717, 1.165) is 15.6 Å². The molecule has 20 heavy (non-hydrogen) atoms. The molecule has 1 aliphatic rings. The maximum atomic E-state index is 11.9. The van der Waals surface area contributed by atoms with Crippen LogP contribution in [-0.2, 0) is 16.1 Å². The van der Waals surface area contributed by atoms with Gasteiger partial charge in [-0.15, -0.1) is 11.3 Å². The zero-order valence-corrected chi connectivity index (χ0v) is 11.4. The number of hydrogen-bond donors (Lipinski definition) is 1. The number of amides is 1. The maximum Gasteiger partial charge on any atom is 0.352 e. The summed E-state index contributed by atoms with van der Waals surface area (Å²) in [5, 5.41) is 17.3.